The molecule has 1 aromatic heterocycles. The Labute approximate surface area is 120 Å². The molecular weight excluding hydrogens is 279 g/mol. The highest BCUT2D eigenvalue weighted by Gasteiger charge is 2.18. The van der Waals surface area contributed by atoms with Gasteiger partial charge in [0.25, 0.3) is 0 Å². The van der Waals surface area contributed by atoms with Crippen LogP contribution >= 0.6 is 23.1 Å². The number of hydrogen-bond donors (Lipinski definition) is 1. The molecule has 0 radical (unpaired) electrons. The van der Waals surface area contributed by atoms with E-state index in [1.54, 1.807) is 17.4 Å². The zero-order valence-corrected chi connectivity index (χ0v) is 12.1. The Balaban J connectivity index is 1.63. The van der Waals surface area contributed by atoms with E-state index in [0.29, 0.717) is 10.9 Å². The van der Waals surface area contributed by atoms with Gasteiger partial charge in [-0.1, -0.05) is 12.1 Å². The summed E-state index contributed by atoms with van der Waals surface area (Å²) in [5.41, 5.74) is 1.15. The number of thioether (sulfide) groups is 1. The molecule has 2 heterocycles. The van der Waals surface area contributed by atoms with E-state index in [0.717, 1.165) is 23.0 Å². The summed E-state index contributed by atoms with van der Waals surface area (Å²) >= 11 is 3.18. The van der Waals surface area contributed by atoms with Crippen LogP contribution < -0.4 is 5.32 Å². The molecular formula is C14H15FN2S2. The fourth-order valence-corrected chi connectivity index (χ4v) is 3.99. The Morgan fingerprint density at radius 2 is 2.32 bits per heavy atom. The number of hydrogen-bond acceptors (Lipinski definition) is 4. The maximum Gasteiger partial charge on any atom is 0.136 e. The second-order valence-corrected chi connectivity index (χ2v) is 6.49. The average Bonchev–Trinajstić information content (AvgIpc) is 3.09. The molecule has 100 valence electrons. The lowest BCUT2D eigenvalue weighted by Crippen LogP contribution is -2.13. The van der Waals surface area contributed by atoms with Crippen molar-refractivity contribution in [3.05, 3.63) is 46.2 Å². The zero-order chi connectivity index (χ0) is 13.1. The largest absolute Gasteiger partial charge is 0.309 e. The highest BCUT2D eigenvalue weighted by Crippen LogP contribution is 2.29. The number of benzene rings is 1. The third kappa shape index (κ3) is 3.16. The van der Waals surface area contributed by atoms with Crippen molar-refractivity contribution in [3.63, 3.8) is 0 Å². The van der Waals surface area contributed by atoms with Crippen LogP contribution in [0.15, 0.2) is 34.5 Å². The normalized spacial score (nSPS) is 18.9. The smallest absolute Gasteiger partial charge is 0.136 e. The predicted octanol–water partition coefficient (Wildman–Crippen LogP) is 4.00. The van der Waals surface area contributed by atoms with Crippen LogP contribution in [0.1, 0.15) is 29.6 Å². The van der Waals surface area contributed by atoms with Gasteiger partial charge < -0.3 is 5.32 Å². The van der Waals surface area contributed by atoms with E-state index >= 15 is 0 Å². The van der Waals surface area contributed by atoms with Crippen LogP contribution in [0.5, 0.6) is 0 Å². The molecule has 0 bridgehead atoms. The van der Waals surface area contributed by atoms with Crippen LogP contribution in [-0.4, -0.2) is 11.5 Å². The third-order valence-electron chi connectivity index (χ3n) is 3.17. The average molecular weight is 294 g/mol. The van der Waals surface area contributed by atoms with Crippen molar-refractivity contribution in [2.24, 2.45) is 0 Å². The van der Waals surface area contributed by atoms with Crippen molar-refractivity contribution in [2.75, 3.05) is 6.54 Å². The van der Waals surface area contributed by atoms with Crippen LogP contribution in [0.4, 0.5) is 4.39 Å². The first-order valence-electron chi connectivity index (χ1n) is 6.38. The number of nitrogens with one attached hydrogen (secondary N) is 1. The van der Waals surface area contributed by atoms with Gasteiger partial charge in [0.2, 0.25) is 0 Å². The molecule has 1 N–H and O–H groups in total. The highest BCUT2D eigenvalue weighted by atomic mass is 32.2. The summed E-state index contributed by atoms with van der Waals surface area (Å²) < 4.78 is 13.5. The third-order valence-corrected chi connectivity index (χ3v) is 5.28. The molecule has 2 aromatic rings. The molecule has 1 aromatic carbocycles. The molecule has 3 rings (SSSR count). The second-order valence-electron chi connectivity index (χ2n) is 4.53. The fourth-order valence-electron chi connectivity index (χ4n) is 2.19. The first kappa shape index (κ1) is 13.1. The predicted molar refractivity (Wildman–Crippen MR) is 78.1 cm³/mol. The Morgan fingerprint density at radius 3 is 3.11 bits per heavy atom. The van der Waals surface area contributed by atoms with E-state index in [2.05, 4.69) is 15.7 Å². The maximum atomic E-state index is 13.5. The van der Waals surface area contributed by atoms with E-state index in [1.807, 2.05) is 12.1 Å². The number of nitrogens with zero attached hydrogens (tertiary/aromatic N) is 1. The van der Waals surface area contributed by atoms with Crippen LogP contribution in [0.3, 0.4) is 0 Å². The van der Waals surface area contributed by atoms with Gasteiger partial charge in [-0.05, 0) is 31.5 Å². The summed E-state index contributed by atoms with van der Waals surface area (Å²) in [6.07, 6.45) is 2.39. The Kier molecular flexibility index (Phi) is 4.15. The van der Waals surface area contributed by atoms with Gasteiger partial charge in [-0.15, -0.1) is 23.1 Å². The van der Waals surface area contributed by atoms with Crippen molar-refractivity contribution in [1.82, 2.24) is 10.3 Å². The van der Waals surface area contributed by atoms with Crippen LogP contribution in [-0.2, 0) is 5.75 Å². The quantitative estimate of drug-likeness (QED) is 0.863. The van der Waals surface area contributed by atoms with Crippen molar-refractivity contribution < 1.29 is 4.39 Å². The Hall–Kier alpha value is -0.910. The number of rotatable bonds is 4. The molecule has 1 aliphatic rings. The SMILES string of the molecule is Fc1ccccc1SCc1nc([C@@H]2CCCN2)cs1. The minimum atomic E-state index is -0.151. The van der Waals surface area contributed by atoms with Crippen molar-refractivity contribution in [2.45, 2.75) is 29.5 Å². The first-order chi connectivity index (χ1) is 9.33. The first-order valence-corrected chi connectivity index (χ1v) is 8.24. The molecule has 0 unspecified atom stereocenters. The molecule has 0 amide bonds. The van der Waals surface area contributed by atoms with Crippen LogP contribution in [0, 0.1) is 5.82 Å². The monoisotopic (exact) mass is 294 g/mol. The fraction of sp³-hybridized carbons (Fsp3) is 0.357. The highest BCUT2D eigenvalue weighted by molar-refractivity contribution is 7.98. The van der Waals surface area contributed by atoms with E-state index in [-0.39, 0.29) is 5.82 Å². The summed E-state index contributed by atoms with van der Waals surface area (Å²) in [6, 6.07) is 7.31. The number of aromatic nitrogens is 1. The molecule has 2 nitrogen and oxygen atoms in total. The summed E-state index contributed by atoms with van der Waals surface area (Å²) in [4.78, 5) is 5.34. The van der Waals surface area contributed by atoms with Gasteiger partial charge in [0.15, 0.2) is 0 Å². The Morgan fingerprint density at radius 1 is 1.42 bits per heavy atom. The summed E-state index contributed by atoms with van der Waals surface area (Å²) in [5.74, 6) is 0.583. The molecule has 19 heavy (non-hydrogen) atoms. The van der Waals surface area contributed by atoms with Gasteiger partial charge in [0, 0.05) is 10.3 Å². The molecule has 0 aliphatic carbocycles. The molecule has 1 aliphatic heterocycles. The van der Waals surface area contributed by atoms with E-state index < -0.39 is 0 Å². The second kappa shape index (κ2) is 6.03. The molecule has 5 heteroatoms. The lowest BCUT2D eigenvalue weighted by molar-refractivity contribution is 0.602. The number of halogens is 1. The number of thiazole rings is 1. The van der Waals surface area contributed by atoms with E-state index in [1.165, 1.54) is 30.7 Å². The lowest BCUT2D eigenvalue weighted by Gasteiger charge is -2.05. The standard InChI is InChI=1S/C14H15FN2S2/c15-10-4-1-2-6-13(10)18-9-14-17-12(8-19-14)11-5-3-7-16-11/h1-2,4,6,8,11,16H,3,5,7,9H2/t11-/m0/s1. The van der Waals surface area contributed by atoms with Gasteiger partial charge in [0.05, 0.1) is 17.5 Å². The summed E-state index contributed by atoms with van der Waals surface area (Å²) in [5, 5.41) is 6.64. The molecule has 0 saturated carbocycles. The van der Waals surface area contributed by atoms with Gasteiger partial charge >= 0.3 is 0 Å². The lowest BCUT2D eigenvalue weighted by atomic mass is 10.2. The van der Waals surface area contributed by atoms with Gasteiger partial charge in [-0.2, -0.15) is 0 Å². The zero-order valence-electron chi connectivity index (χ0n) is 10.4. The molecule has 1 atom stereocenters. The van der Waals surface area contributed by atoms with Crippen LogP contribution in [0.25, 0.3) is 0 Å². The maximum absolute atomic E-state index is 13.5. The summed E-state index contributed by atoms with van der Waals surface area (Å²) in [6.45, 7) is 1.08. The topological polar surface area (TPSA) is 24.9 Å². The van der Waals surface area contributed by atoms with Gasteiger partial charge in [-0.25, -0.2) is 9.37 Å². The van der Waals surface area contributed by atoms with Crippen molar-refractivity contribution in [1.29, 1.82) is 0 Å². The molecule has 0 spiro atoms. The van der Waals surface area contributed by atoms with Crippen LogP contribution in [0.2, 0.25) is 0 Å². The van der Waals surface area contributed by atoms with Gasteiger partial charge in [0.1, 0.15) is 10.8 Å². The van der Waals surface area contributed by atoms with Gasteiger partial charge in [-0.3, -0.25) is 0 Å². The summed E-state index contributed by atoms with van der Waals surface area (Å²) in [7, 11) is 0. The van der Waals surface area contributed by atoms with Crippen molar-refractivity contribution >= 4 is 23.1 Å². The Bertz CT molecular complexity index is 550. The minimum absolute atomic E-state index is 0.151. The molecule has 1 fully saturated rings. The van der Waals surface area contributed by atoms with E-state index in [9.17, 15) is 4.39 Å². The van der Waals surface area contributed by atoms with E-state index in [4.69, 9.17) is 0 Å². The minimum Gasteiger partial charge on any atom is -0.309 e. The molecule has 1 saturated heterocycles. The van der Waals surface area contributed by atoms with Crippen molar-refractivity contribution in [3.8, 4) is 0 Å².